The number of piperazine rings is 1. The summed E-state index contributed by atoms with van der Waals surface area (Å²) in [7, 11) is 0. The second kappa shape index (κ2) is 6.91. The van der Waals surface area contributed by atoms with Gasteiger partial charge in [0.1, 0.15) is 23.8 Å². The van der Waals surface area contributed by atoms with Gasteiger partial charge >= 0.3 is 0 Å². The van der Waals surface area contributed by atoms with Gasteiger partial charge in [0.05, 0.1) is 0 Å². The summed E-state index contributed by atoms with van der Waals surface area (Å²) >= 11 is 3.23. The van der Waals surface area contributed by atoms with Crippen molar-refractivity contribution in [2.45, 2.75) is 6.92 Å². The Kier molecular flexibility index (Phi) is 4.46. The molecule has 0 spiro atoms. The maximum Gasteiger partial charge on any atom is 0.289 e. The SMILES string of the molecule is Cc1nccn1-c1cc(N2CCN(C(=O)c3ccc(Br)o3)CC2)ncn1. The van der Waals surface area contributed by atoms with Crippen molar-refractivity contribution >= 4 is 27.7 Å². The fourth-order valence-corrected chi connectivity index (χ4v) is 3.29. The molecule has 1 aliphatic rings. The summed E-state index contributed by atoms with van der Waals surface area (Å²) in [5.74, 6) is 2.76. The first kappa shape index (κ1) is 16.8. The number of aromatic nitrogens is 4. The maximum absolute atomic E-state index is 12.5. The minimum absolute atomic E-state index is 0.0900. The quantitative estimate of drug-likeness (QED) is 0.651. The van der Waals surface area contributed by atoms with Crippen LogP contribution in [0.3, 0.4) is 0 Å². The Labute approximate surface area is 158 Å². The average molecular weight is 417 g/mol. The van der Waals surface area contributed by atoms with Crippen molar-refractivity contribution in [2.24, 2.45) is 0 Å². The number of amides is 1. The highest BCUT2D eigenvalue weighted by Crippen LogP contribution is 2.19. The molecule has 0 aliphatic carbocycles. The molecule has 0 N–H and O–H groups in total. The first-order chi connectivity index (χ1) is 12.6. The van der Waals surface area contributed by atoms with Crippen molar-refractivity contribution in [1.29, 1.82) is 0 Å². The van der Waals surface area contributed by atoms with Gasteiger partial charge in [-0.3, -0.25) is 9.36 Å². The summed E-state index contributed by atoms with van der Waals surface area (Å²) < 4.78 is 7.84. The van der Waals surface area contributed by atoms with E-state index in [1.807, 2.05) is 23.8 Å². The van der Waals surface area contributed by atoms with Gasteiger partial charge in [-0.05, 0) is 35.0 Å². The molecular weight excluding hydrogens is 400 g/mol. The van der Waals surface area contributed by atoms with Crippen LogP contribution in [-0.2, 0) is 0 Å². The summed E-state index contributed by atoms with van der Waals surface area (Å²) in [5, 5.41) is 0. The monoisotopic (exact) mass is 416 g/mol. The topological polar surface area (TPSA) is 80.3 Å². The molecular formula is C17H17BrN6O2. The molecule has 0 saturated carbocycles. The van der Waals surface area contributed by atoms with Gasteiger partial charge < -0.3 is 14.2 Å². The number of rotatable bonds is 3. The second-order valence-corrected chi connectivity index (χ2v) is 6.74. The van der Waals surface area contributed by atoms with Gasteiger partial charge in [-0.25, -0.2) is 15.0 Å². The number of furan rings is 1. The molecule has 3 aromatic heterocycles. The van der Waals surface area contributed by atoms with Crippen LogP contribution in [0.1, 0.15) is 16.4 Å². The molecule has 0 aromatic carbocycles. The summed E-state index contributed by atoms with van der Waals surface area (Å²) in [4.78, 5) is 29.3. The van der Waals surface area contributed by atoms with Gasteiger partial charge in [0.15, 0.2) is 10.4 Å². The molecule has 134 valence electrons. The summed E-state index contributed by atoms with van der Waals surface area (Å²) in [6.07, 6.45) is 5.18. The third-order valence-corrected chi connectivity index (χ3v) is 4.81. The number of nitrogens with zero attached hydrogens (tertiary/aromatic N) is 6. The molecule has 4 heterocycles. The third kappa shape index (κ3) is 3.22. The van der Waals surface area contributed by atoms with E-state index < -0.39 is 0 Å². The van der Waals surface area contributed by atoms with Gasteiger partial charge in [0.25, 0.3) is 5.91 Å². The van der Waals surface area contributed by atoms with E-state index in [1.165, 1.54) is 0 Å². The Morgan fingerprint density at radius 1 is 1.12 bits per heavy atom. The minimum Gasteiger partial charge on any atom is -0.444 e. The lowest BCUT2D eigenvalue weighted by Gasteiger charge is -2.35. The Morgan fingerprint density at radius 3 is 2.54 bits per heavy atom. The molecule has 1 amide bonds. The molecule has 1 aliphatic heterocycles. The molecule has 8 nitrogen and oxygen atoms in total. The number of anilines is 1. The molecule has 0 unspecified atom stereocenters. The summed E-state index contributed by atoms with van der Waals surface area (Å²) in [6, 6.07) is 5.35. The standard InChI is InChI=1S/C17H17BrN6O2/c1-12-19-4-5-24(12)16-10-15(20-11-21-16)22-6-8-23(9-7-22)17(25)13-2-3-14(18)26-13/h2-5,10-11H,6-9H2,1H3. The van der Waals surface area contributed by atoms with Crippen LogP contribution in [0.4, 0.5) is 5.82 Å². The maximum atomic E-state index is 12.5. The van der Waals surface area contributed by atoms with Crippen LogP contribution in [0.15, 0.2) is 46.0 Å². The summed E-state index contributed by atoms with van der Waals surface area (Å²) in [6.45, 7) is 4.56. The van der Waals surface area contributed by atoms with Crippen molar-refractivity contribution < 1.29 is 9.21 Å². The van der Waals surface area contributed by atoms with E-state index >= 15 is 0 Å². The Morgan fingerprint density at radius 2 is 1.88 bits per heavy atom. The largest absolute Gasteiger partial charge is 0.444 e. The minimum atomic E-state index is -0.0900. The van der Waals surface area contributed by atoms with Crippen LogP contribution < -0.4 is 4.90 Å². The van der Waals surface area contributed by atoms with E-state index in [1.54, 1.807) is 29.6 Å². The third-order valence-electron chi connectivity index (χ3n) is 4.39. The van der Waals surface area contributed by atoms with Gasteiger partial charge in [-0.15, -0.1) is 0 Å². The first-order valence-corrected chi connectivity index (χ1v) is 9.03. The highest BCUT2D eigenvalue weighted by atomic mass is 79.9. The lowest BCUT2D eigenvalue weighted by molar-refractivity contribution is 0.0713. The van der Waals surface area contributed by atoms with E-state index in [-0.39, 0.29) is 5.91 Å². The van der Waals surface area contributed by atoms with Crippen molar-refractivity contribution in [1.82, 2.24) is 24.4 Å². The van der Waals surface area contributed by atoms with E-state index in [0.717, 1.165) is 17.5 Å². The smallest absolute Gasteiger partial charge is 0.289 e. The number of halogens is 1. The molecule has 0 bridgehead atoms. The predicted molar refractivity (Wildman–Crippen MR) is 98.4 cm³/mol. The number of hydrogen-bond donors (Lipinski definition) is 0. The lowest BCUT2D eigenvalue weighted by atomic mass is 10.3. The van der Waals surface area contributed by atoms with Crippen LogP contribution >= 0.6 is 15.9 Å². The fourth-order valence-electron chi connectivity index (χ4n) is 2.99. The zero-order valence-electron chi connectivity index (χ0n) is 14.2. The molecule has 0 radical (unpaired) electrons. The van der Waals surface area contributed by atoms with Crippen LogP contribution in [-0.4, -0.2) is 56.5 Å². The average Bonchev–Trinajstić information content (AvgIpc) is 3.30. The Hall–Kier alpha value is -2.68. The van der Waals surface area contributed by atoms with E-state index in [9.17, 15) is 4.79 Å². The summed E-state index contributed by atoms with van der Waals surface area (Å²) in [5.41, 5.74) is 0. The highest BCUT2D eigenvalue weighted by molar-refractivity contribution is 9.10. The number of carbonyl (C=O) groups is 1. The fraction of sp³-hybridized carbons (Fsp3) is 0.294. The van der Waals surface area contributed by atoms with Gasteiger partial charge in [0.2, 0.25) is 0 Å². The Balaban J connectivity index is 1.45. The molecule has 1 saturated heterocycles. The number of aryl methyl sites for hydroxylation is 1. The van der Waals surface area contributed by atoms with Gasteiger partial charge in [-0.1, -0.05) is 0 Å². The van der Waals surface area contributed by atoms with Crippen molar-refractivity contribution in [2.75, 3.05) is 31.1 Å². The molecule has 9 heteroatoms. The van der Waals surface area contributed by atoms with Gasteiger partial charge in [-0.2, -0.15) is 0 Å². The van der Waals surface area contributed by atoms with Gasteiger partial charge in [0, 0.05) is 44.6 Å². The number of hydrogen-bond acceptors (Lipinski definition) is 6. The zero-order valence-corrected chi connectivity index (χ0v) is 15.8. The Bertz CT molecular complexity index is 929. The van der Waals surface area contributed by atoms with E-state index in [4.69, 9.17) is 4.42 Å². The molecule has 3 aromatic rings. The van der Waals surface area contributed by atoms with Crippen LogP contribution in [0.5, 0.6) is 0 Å². The second-order valence-electron chi connectivity index (χ2n) is 5.96. The molecule has 1 fully saturated rings. The van der Waals surface area contributed by atoms with Crippen molar-refractivity contribution in [3.8, 4) is 5.82 Å². The molecule has 26 heavy (non-hydrogen) atoms. The molecule has 0 atom stereocenters. The first-order valence-electron chi connectivity index (χ1n) is 8.24. The zero-order chi connectivity index (χ0) is 18.1. The normalized spacial score (nSPS) is 14.7. The molecule has 4 rings (SSSR count). The highest BCUT2D eigenvalue weighted by Gasteiger charge is 2.25. The van der Waals surface area contributed by atoms with Crippen LogP contribution in [0, 0.1) is 6.92 Å². The van der Waals surface area contributed by atoms with Crippen LogP contribution in [0.2, 0.25) is 0 Å². The van der Waals surface area contributed by atoms with E-state index in [0.29, 0.717) is 36.6 Å². The predicted octanol–water partition coefficient (Wildman–Crippen LogP) is 2.29. The van der Waals surface area contributed by atoms with Crippen molar-refractivity contribution in [3.63, 3.8) is 0 Å². The van der Waals surface area contributed by atoms with E-state index in [2.05, 4.69) is 35.8 Å². The van der Waals surface area contributed by atoms with Crippen LogP contribution in [0.25, 0.3) is 5.82 Å². The number of imidazole rings is 1. The van der Waals surface area contributed by atoms with Crippen molar-refractivity contribution in [3.05, 3.63) is 53.2 Å². The lowest BCUT2D eigenvalue weighted by Crippen LogP contribution is -2.49. The number of carbonyl (C=O) groups excluding carboxylic acids is 1.